The van der Waals surface area contributed by atoms with Crippen LogP contribution >= 0.6 is 0 Å². The summed E-state index contributed by atoms with van der Waals surface area (Å²) >= 11 is 0. The smallest absolute Gasteiger partial charge is 0.171 e. The van der Waals surface area contributed by atoms with Crippen LogP contribution in [0.2, 0.25) is 0 Å². The zero-order chi connectivity index (χ0) is 10.4. The van der Waals surface area contributed by atoms with E-state index in [0.29, 0.717) is 0 Å². The third-order valence-corrected chi connectivity index (χ3v) is 2.04. The summed E-state index contributed by atoms with van der Waals surface area (Å²) in [5, 5.41) is 3.27. The number of imidazole rings is 1. The average Bonchev–Trinajstić information content (AvgIpc) is 2.69. The van der Waals surface area contributed by atoms with Gasteiger partial charge in [0.05, 0.1) is 12.4 Å². The van der Waals surface area contributed by atoms with Crippen LogP contribution in [0, 0.1) is 0 Å². The van der Waals surface area contributed by atoms with Gasteiger partial charge < -0.3 is 19.8 Å². The molecule has 0 saturated heterocycles. The summed E-state index contributed by atoms with van der Waals surface area (Å²) in [5.41, 5.74) is 1.04. The highest BCUT2D eigenvalue weighted by molar-refractivity contribution is 4.93. The topological polar surface area (TPSA) is 59.2 Å². The molecule has 1 heterocycles. The highest BCUT2D eigenvalue weighted by Gasteiger charge is 2.14. The van der Waals surface area contributed by atoms with Crippen molar-refractivity contribution >= 4 is 0 Å². The molecule has 0 bridgehead atoms. The van der Waals surface area contributed by atoms with Gasteiger partial charge in [-0.1, -0.05) is 0 Å². The van der Waals surface area contributed by atoms with Crippen molar-refractivity contribution in [3.63, 3.8) is 0 Å². The van der Waals surface area contributed by atoms with Gasteiger partial charge in [0, 0.05) is 32.7 Å². The molecule has 5 nitrogen and oxygen atoms in total. The zero-order valence-corrected chi connectivity index (χ0v) is 8.78. The summed E-state index contributed by atoms with van der Waals surface area (Å²) < 4.78 is 10.2. The lowest BCUT2D eigenvalue weighted by molar-refractivity contribution is -0.119. The molecule has 0 aliphatic heterocycles. The van der Waals surface area contributed by atoms with Gasteiger partial charge in [0.1, 0.15) is 0 Å². The highest BCUT2D eigenvalue weighted by atomic mass is 16.7. The number of nitrogens with zero attached hydrogens (tertiary/aromatic N) is 1. The molecular formula is C9H17N3O2. The van der Waals surface area contributed by atoms with Gasteiger partial charge in [0.15, 0.2) is 6.29 Å². The van der Waals surface area contributed by atoms with Gasteiger partial charge in [-0.3, -0.25) is 0 Å². The minimum atomic E-state index is -0.224. The predicted molar refractivity (Wildman–Crippen MR) is 52.7 cm³/mol. The summed E-state index contributed by atoms with van der Waals surface area (Å²) in [7, 11) is 3.26. The third kappa shape index (κ3) is 3.10. The fourth-order valence-electron chi connectivity index (χ4n) is 1.25. The first-order chi connectivity index (χ1) is 6.77. The zero-order valence-electron chi connectivity index (χ0n) is 8.78. The number of aromatic amines is 1. The second kappa shape index (κ2) is 5.74. The molecule has 1 atom stereocenters. The van der Waals surface area contributed by atoms with Crippen LogP contribution < -0.4 is 5.32 Å². The molecule has 14 heavy (non-hydrogen) atoms. The van der Waals surface area contributed by atoms with Crippen molar-refractivity contribution in [2.24, 2.45) is 0 Å². The van der Waals surface area contributed by atoms with Crippen molar-refractivity contribution in [2.75, 3.05) is 14.2 Å². The minimum absolute atomic E-state index is 0.133. The fraction of sp³-hybridized carbons (Fsp3) is 0.667. The van der Waals surface area contributed by atoms with Gasteiger partial charge in [-0.05, 0) is 6.92 Å². The number of hydrogen-bond donors (Lipinski definition) is 2. The highest BCUT2D eigenvalue weighted by Crippen LogP contribution is 2.00. The summed E-state index contributed by atoms with van der Waals surface area (Å²) in [6.45, 7) is 2.73. The molecule has 80 valence electrons. The molecule has 0 saturated carbocycles. The van der Waals surface area contributed by atoms with Crippen molar-refractivity contribution in [1.82, 2.24) is 15.3 Å². The van der Waals surface area contributed by atoms with Crippen molar-refractivity contribution in [3.05, 3.63) is 18.2 Å². The van der Waals surface area contributed by atoms with Crippen LogP contribution in [0.25, 0.3) is 0 Å². The van der Waals surface area contributed by atoms with E-state index in [1.165, 1.54) is 0 Å². The normalized spacial score (nSPS) is 13.4. The largest absolute Gasteiger partial charge is 0.354 e. The third-order valence-electron chi connectivity index (χ3n) is 2.04. The Morgan fingerprint density at radius 3 is 2.71 bits per heavy atom. The SMILES string of the molecule is COC(OC)C(C)NCc1cnc[nH]1. The molecule has 1 rings (SSSR count). The van der Waals surface area contributed by atoms with Gasteiger partial charge in [-0.25, -0.2) is 4.98 Å². The first-order valence-corrected chi connectivity index (χ1v) is 4.54. The Kier molecular flexibility index (Phi) is 4.58. The lowest BCUT2D eigenvalue weighted by Gasteiger charge is -2.21. The maximum Gasteiger partial charge on any atom is 0.171 e. The fourth-order valence-corrected chi connectivity index (χ4v) is 1.25. The Hall–Kier alpha value is -0.910. The van der Waals surface area contributed by atoms with Gasteiger partial charge in [0.25, 0.3) is 0 Å². The standard InChI is InChI=1S/C9H17N3O2/c1-7(9(13-2)14-3)11-5-8-4-10-6-12-8/h4,6-7,9,11H,5H2,1-3H3,(H,10,12). The molecule has 0 aliphatic rings. The first-order valence-electron chi connectivity index (χ1n) is 4.54. The van der Waals surface area contributed by atoms with E-state index >= 15 is 0 Å². The maximum atomic E-state index is 5.12. The van der Waals surface area contributed by atoms with Gasteiger partial charge in [-0.2, -0.15) is 0 Å². The lowest BCUT2D eigenvalue weighted by Crippen LogP contribution is -2.39. The Morgan fingerprint density at radius 2 is 2.21 bits per heavy atom. The number of H-pyrrole nitrogens is 1. The van der Waals surface area contributed by atoms with E-state index < -0.39 is 0 Å². The van der Waals surface area contributed by atoms with Crippen LogP contribution in [0.1, 0.15) is 12.6 Å². The van der Waals surface area contributed by atoms with E-state index in [-0.39, 0.29) is 12.3 Å². The van der Waals surface area contributed by atoms with Crippen molar-refractivity contribution in [2.45, 2.75) is 25.8 Å². The predicted octanol–water partition coefficient (Wildman–Crippen LogP) is 0.507. The summed E-state index contributed by atoms with van der Waals surface area (Å²) in [6, 6.07) is 0.133. The van der Waals surface area contributed by atoms with E-state index in [0.717, 1.165) is 12.2 Å². The minimum Gasteiger partial charge on any atom is -0.354 e. The number of nitrogens with one attached hydrogen (secondary N) is 2. The van der Waals surface area contributed by atoms with Gasteiger partial charge in [0.2, 0.25) is 0 Å². The molecule has 0 aliphatic carbocycles. The molecule has 0 aromatic carbocycles. The number of hydrogen-bond acceptors (Lipinski definition) is 4. The molecule has 0 spiro atoms. The molecule has 5 heteroatoms. The second-order valence-corrected chi connectivity index (χ2v) is 3.09. The first kappa shape index (κ1) is 11.2. The number of methoxy groups -OCH3 is 2. The van der Waals surface area contributed by atoms with Crippen LogP contribution in [-0.2, 0) is 16.0 Å². The van der Waals surface area contributed by atoms with Crippen LogP contribution in [-0.4, -0.2) is 36.5 Å². The number of rotatable bonds is 6. The Bertz CT molecular complexity index is 234. The van der Waals surface area contributed by atoms with Crippen LogP contribution in [0.4, 0.5) is 0 Å². The van der Waals surface area contributed by atoms with Crippen molar-refractivity contribution in [1.29, 1.82) is 0 Å². The van der Waals surface area contributed by atoms with Gasteiger partial charge in [-0.15, -0.1) is 0 Å². The molecule has 2 N–H and O–H groups in total. The lowest BCUT2D eigenvalue weighted by atomic mass is 10.3. The van der Waals surface area contributed by atoms with Crippen LogP contribution in [0.3, 0.4) is 0 Å². The quantitative estimate of drug-likeness (QED) is 0.655. The molecule has 0 fully saturated rings. The Morgan fingerprint density at radius 1 is 1.50 bits per heavy atom. The van der Waals surface area contributed by atoms with E-state index in [1.54, 1.807) is 26.7 Å². The van der Waals surface area contributed by atoms with E-state index in [1.807, 2.05) is 6.92 Å². The molecule has 0 radical (unpaired) electrons. The summed E-state index contributed by atoms with van der Waals surface area (Å²) in [5.74, 6) is 0. The molecule has 1 aromatic rings. The van der Waals surface area contributed by atoms with Gasteiger partial charge >= 0.3 is 0 Å². The maximum absolute atomic E-state index is 5.12. The molecule has 0 amide bonds. The van der Waals surface area contributed by atoms with E-state index in [2.05, 4.69) is 15.3 Å². The average molecular weight is 199 g/mol. The van der Waals surface area contributed by atoms with Crippen LogP contribution in [0.5, 0.6) is 0 Å². The number of ether oxygens (including phenoxy) is 2. The van der Waals surface area contributed by atoms with E-state index in [4.69, 9.17) is 9.47 Å². The van der Waals surface area contributed by atoms with Crippen LogP contribution in [0.15, 0.2) is 12.5 Å². The molecular weight excluding hydrogens is 182 g/mol. The molecule has 1 unspecified atom stereocenters. The summed E-state index contributed by atoms with van der Waals surface area (Å²) in [4.78, 5) is 6.94. The van der Waals surface area contributed by atoms with E-state index in [9.17, 15) is 0 Å². The second-order valence-electron chi connectivity index (χ2n) is 3.09. The Balaban J connectivity index is 2.30. The Labute approximate surface area is 83.8 Å². The summed E-state index contributed by atoms with van der Waals surface area (Å²) in [6.07, 6.45) is 3.22. The number of aromatic nitrogens is 2. The molecule has 1 aromatic heterocycles. The van der Waals surface area contributed by atoms with Crippen molar-refractivity contribution in [3.8, 4) is 0 Å². The monoisotopic (exact) mass is 199 g/mol. The van der Waals surface area contributed by atoms with Crippen molar-refractivity contribution < 1.29 is 9.47 Å².